The highest BCUT2D eigenvalue weighted by molar-refractivity contribution is 5.74. The van der Waals surface area contributed by atoms with Gasteiger partial charge in [-0.15, -0.1) is 0 Å². The highest BCUT2D eigenvalue weighted by Gasteiger charge is 2.49. The van der Waals surface area contributed by atoms with E-state index in [0.29, 0.717) is 6.04 Å². The van der Waals surface area contributed by atoms with Gasteiger partial charge in [-0.05, 0) is 46.5 Å². The fourth-order valence-electron chi connectivity index (χ4n) is 2.76. The monoisotopic (exact) mass is 226 g/mol. The Morgan fingerprint density at radius 1 is 1.38 bits per heavy atom. The van der Waals surface area contributed by atoms with E-state index in [4.69, 9.17) is 10.5 Å². The molecule has 4 heteroatoms. The smallest absolute Gasteiger partial charge is 0.312 e. The van der Waals surface area contributed by atoms with Crippen LogP contribution in [0.5, 0.6) is 0 Å². The van der Waals surface area contributed by atoms with Gasteiger partial charge >= 0.3 is 5.97 Å². The van der Waals surface area contributed by atoms with Crippen LogP contribution >= 0.6 is 0 Å². The van der Waals surface area contributed by atoms with Crippen molar-refractivity contribution in [1.29, 1.82) is 0 Å². The van der Waals surface area contributed by atoms with Crippen LogP contribution in [0.3, 0.4) is 0 Å². The normalized spacial score (nSPS) is 38.5. The number of esters is 1. The summed E-state index contributed by atoms with van der Waals surface area (Å²) >= 11 is 0. The van der Waals surface area contributed by atoms with Crippen LogP contribution in [0, 0.1) is 5.92 Å². The molecule has 2 fully saturated rings. The average Bonchev–Trinajstić information content (AvgIpc) is 2.39. The molecule has 0 aliphatic carbocycles. The molecule has 16 heavy (non-hydrogen) atoms. The Kier molecular flexibility index (Phi) is 2.75. The quantitative estimate of drug-likeness (QED) is 0.658. The fourth-order valence-corrected chi connectivity index (χ4v) is 2.76. The van der Waals surface area contributed by atoms with Gasteiger partial charge in [0.05, 0.1) is 11.6 Å². The number of hydrogen-bond donors (Lipinski definition) is 2. The molecule has 0 radical (unpaired) electrons. The van der Waals surface area contributed by atoms with Gasteiger partial charge in [0, 0.05) is 6.04 Å². The molecule has 0 aromatic heterocycles. The Bertz CT molecular complexity index is 298. The molecule has 92 valence electrons. The number of nitrogens with two attached hydrogens (primary N) is 1. The summed E-state index contributed by atoms with van der Waals surface area (Å²) in [5.41, 5.74) is 5.30. The van der Waals surface area contributed by atoms with E-state index in [1.165, 1.54) is 0 Å². The van der Waals surface area contributed by atoms with Crippen LogP contribution in [0.2, 0.25) is 0 Å². The summed E-state index contributed by atoms with van der Waals surface area (Å²) < 4.78 is 5.43. The maximum Gasteiger partial charge on any atom is 0.312 e. The van der Waals surface area contributed by atoms with Gasteiger partial charge in [0.15, 0.2) is 0 Å². The summed E-state index contributed by atoms with van der Waals surface area (Å²) in [5, 5.41) is 3.36. The molecule has 2 saturated heterocycles. The first-order valence-electron chi connectivity index (χ1n) is 6.10. The lowest BCUT2D eigenvalue weighted by Crippen LogP contribution is -2.62. The van der Waals surface area contributed by atoms with Crippen LogP contribution in [0.4, 0.5) is 0 Å². The van der Waals surface area contributed by atoms with Crippen LogP contribution in [-0.4, -0.2) is 23.3 Å². The Morgan fingerprint density at radius 2 is 2.06 bits per heavy atom. The van der Waals surface area contributed by atoms with E-state index in [1.807, 2.05) is 20.8 Å². The molecule has 0 saturated carbocycles. The number of hydrogen-bond acceptors (Lipinski definition) is 4. The van der Waals surface area contributed by atoms with Crippen molar-refractivity contribution in [2.75, 3.05) is 0 Å². The number of fused-ring (bicyclic) bond motifs is 2. The van der Waals surface area contributed by atoms with Gasteiger partial charge < -0.3 is 10.5 Å². The Morgan fingerprint density at radius 3 is 2.69 bits per heavy atom. The molecule has 2 aliphatic heterocycles. The van der Waals surface area contributed by atoms with Crippen LogP contribution in [0.15, 0.2) is 0 Å². The Hall–Kier alpha value is -0.610. The molecule has 0 aromatic rings. The lowest BCUT2D eigenvalue weighted by Gasteiger charge is -2.38. The van der Waals surface area contributed by atoms with Crippen molar-refractivity contribution in [2.45, 2.75) is 63.8 Å². The minimum atomic E-state index is -0.523. The second-order valence-electron chi connectivity index (χ2n) is 6.08. The lowest BCUT2D eigenvalue weighted by molar-refractivity contribution is -0.164. The van der Waals surface area contributed by atoms with Crippen molar-refractivity contribution in [3.8, 4) is 0 Å². The fraction of sp³-hybridized carbons (Fsp3) is 0.917. The maximum atomic E-state index is 12.1. The van der Waals surface area contributed by atoms with Crippen molar-refractivity contribution >= 4 is 5.97 Å². The number of ether oxygens (including phenoxy) is 1. The zero-order chi connectivity index (χ0) is 12.0. The van der Waals surface area contributed by atoms with E-state index >= 15 is 0 Å². The molecule has 0 spiro atoms. The molecule has 0 amide bonds. The molecular weight excluding hydrogens is 204 g/mol. The summed E-state index contributed by atoms with van der Waals surface area (Å²) in [6, 6.07) is 0.503. The number of piperidine rings is 1. The molecular formula is C12H22N2O2. The first-order valence-corrected chi connectivity index (χ1v) is 6.10. The van der Waals surface area contributed by atoms with Gasteiger partial charge in [-0.1, -0.05) is 0 Å². The zero-order valence-electron chi connectivity index (χ0n) is 10.4. The minimum absolute atomic E-state index is 0.150. The predicted molar refractivity (Wildman–Crippen MR) is 61.6 cm³/mol. The highest BCUT2D eigenvalue weighted by atomic mass is 16.6. The summed E-state index contributed by atoms with van der Waals surface area (Å²) in [6.07, 6.45) is 3.84. The van der Waals surface area contributed by atoms with E-state index in [0.717, 1.165) is 25.7 Å². The van der Waals surface area contributed by atoms with Gasteiger partial charge in [-0.2, -0.15) is 0 Å². The second kappa shape index (κ2) is 3.70. The van der Waals surface area contributed by atoms with Crippen LogP contribution in [0.25, 0.3) is 0 Å². The second-order valence-corrected chi connectivity index (χ2v) is 6.08. The summed E-state index contributed by atoms with van der Waals surface area (Å²) in [4.78, 5) is 12.1. The molecule has 2 bridgehead atoms. The number of carbonyl (C=O) groups is 1. The van der Waals surface area contributed by atoms with Gasteiger partial charge in [-0.25, -0.2) is 0 Å². The number of carbonyl (C=O) groups excluding carboxylic acids is 1. The first kappa shape index (κ1) is 11.9. The maximum absolute atomic E-state index is 12.1. The molecule has 3 unspecified atom stereocenters. The zero-order valence-corrected chi connectivity index (χ0v) is 10.4. The minimum Gasteiger partial charge on any atom is -0.460 e. The van der Waals surface area contributed by atoms with Crippen molar-refractivity contribution in [3.63, 3.8) is 0 Å². The van der Waals surface area contributed by atoms with Crippen LogP contribution < -0.4 is 11.1 Å². The van der Waals surface area contributed by atoms with E-state index < -0.39 is 11.3 Å². The third kappa shape index (κ3) is 2.23. The number of rotatable bonds is 1. The van der Waals surface area contributed by atoms with Crippen LogP contribution in [-0.2, 0) is 9.53 Å². The van der Waals surface area contributed by atoms with Gasteiger partial charge in [-0.3, -0.25) is 10.1 Å². The van der Waals surface area contributed by atoms with Crippen LogP contribution in [0.1, 0.15) is 46.5 Å². The molecule has 2 heterocycles. The summed E-state index contributed by atoms with van der Waals surface area (Å²) in [6.45, 7) is 5.67. The van der Waals surface area contributed by atoms with E-state index in [9.17, 15) is 4.79 Å². The third-order valence-electron chi connectivity index (χ3n) is 3.50. The standard InChI is InChI=1S/C12H22N2O2/c1-11(2,3)16-10(15)9-5-4-8-6-7-12(9,13)14-8/h8-9,14H,4-7,13H2,1-3H3. The topological polar surface area (TPSA) is 64.3 Å². The van der Waals surface area contributed by atoms with E-state index in [-0.39, 0.29) is 11.9 Å². The molecule has 0 aromatic carbocycles. The van der Waals surface area contributed by atoms with Gasteiger partial charge in [0.25, 0.3) is 0 Å². The Labute approximate surface area is 96.9 Å². The molecule has 4 nitrogen and oxygen atoms in total. The van der Waals surface area contributed by atoms with Crippen molar-refractivity contribution in [3.05, 3.63) is 0 Å². The highest BCUT2D eigenvalue weighted by Crippen LogP contribution is 2.37. The predicted octanol–water partition coefficient (Wildman–Crippen LogP) is 1.15. The third-order valence-corrected chi connectivity index (χ3v) is 3.50. The summed E-state index contributed by atoms with van der Waals surface area (Å²) in [5.74, 6) is -0.340. The van der Waals surface area contributed by atoms with Gasteiger partial charge in [0.1, 0.15) is 5.60 Å². The van der Waals surface area contributed by atoms with Crippen molar-refractivity contribution in [2.24, 2.45) is 11.7 Å². The molecule has 2 aliphatic rings. The van der Waals surface area contributed by atoms with E-state index in [1.54, 1.807) is 0 Å². The SMILES string of the molecule is CC(C)(C)OC(=O)C1CCC2CCC1(N)N2. The van der Waals surface area contributed by atoms with Gasteiger partial charge in [0.2, 0.25) is 0 Å². The van der Waals surface area contributed by atoms with Crippen molar-refractivity contribution < 1.29 is 9.53 Å². The largest absolute Gasteiger partial charge is 0.460 e. The number of nitrogens with one attached hydrogen (secondary N) is 1. The molecule has 2 rings (SSSR count). The first-order chi connectivity index (χ1) is 7.30. The van der Waals surface area contributed by atoms with E-state index in [2.05, 4.69) is 5.32 Å². The molecule has 3 N–H and O–H groups in total. The summed E-state index contributed by atoms with van der Waals surface area (Å²) in [7, 11) is 0. The lowest BCUT2D eigenvalue weighted by atomic mass is 9.86. The van der Waals surface area contributed by atoms with Crippen molar-refractivity contribution in [1.82, 2.24) is 5.32 Å². The molecule has 3 atom stereocenters. The Balaban J connectivity index is 2.06. The average molecular weight is 226 g/mol.